The second kappa shape index (κ2) is 4.49. The van der Waals surface area contributed by atoms with Crippen molar-refractivity contribution in [1.82, 2.24) is 0 Å². The first-order chi connectivity index (χ1) is 5.34. The van der Waals surface area contributed by atoms with Crippen LogP contribution in [-0.4, -0.2) is 32.0 Å². The van der Waals surface area contributed by atoms with Crippen LogP contribution in [0.15, 0.2) is 12.7 Å². The number of hydrogen-bond acceptors (Lipinski definition) is 3. The molecule has 0 aliphatic carbocycles. The lowest BCUT2D eigenvalue weighted by molar-refractivity contribution is -0.0964. The van der Waals surface area contributed by atoms with Crippen molar-refractivity contribution in [3.8, 4) is 0 Å². The zero-order chi connectivity index (χ0) is 8.10. The molecule has 0 bridgehead atoms. The van der Waals surface area contributed by atoms with Gasteiger partial charge in [0, 0.05) is 6.04 Å². The number of nitrogens with two attached hydrogens (primary N) is 1. The molecule has 2 N–H and O–H groups in total. The zero-order valence-electron chi connectivity index (χ0n) is 6.66. The maximum Gasteiger partial charge on any atom is 0.0963 e. The van der Waals surface area contributed by atoms with Crippen molar-refractivity contribution in [2.45, 2.75) is 18.6 Å². The Hall–Kier alpha value is -0.380. The van der Waals surface area contributed by atoms with Crippen LogP contribution in [0.25, 0.3) is 0 Å². The summed E-state index contributed by atoms with van der Waals surface area (Å²) >= 11 is 0. The average Bonchev–Trinajstić information content (AvgIpc) is 2.07. The molecule has 64 valence electrons. The van der Waals surface area contributed by atoms with E-state index in [-0.39, 0.29) is 12.1 Å². The SMILES string of the molecule is C=CCC(N)C1COCCO1. The fourth-order valence-corrected chi connectivity index (χ4v) is 1.10. The molecular formula is C8H15NO2. The van der Waals surface area contributed by atoms with Gasteiger partial charge in [-0.25, -0.2) is 0 Å². The van der Waals surface area contributed by atoms with Gasteiger partial charge in [0.2, 0.25) is 0 Å². The van der Waals surface area contributed by atoms with Gasteiger partial charge in [0.15, 0.2) is 0 Å². The van der Waals surface area contributed by atoms with Crippen molar-refractivity contribution < 1.29 is 9.47 Å². The Kier molecular flexibility index (Phi) is 3.56. The number of rotatable bonds is 3. The summed E-state index contributed by atoms with van der Waals surface area (Å²) in [7, 11) is 0. The van der Waals surface area contributed by atoms with Crippen LogP contribution in [0, 0.1) is 0 Å². The second-order valence-electron chi connectivity index (χ2n) is 2.67. The number of hydrogen-bond donors (Lipinski definition) is 1. The van der Waals surface area contributed by atoms with Crippen molar-refractivity contribution in [2.75, 3.05) is 19.8 Å². The molecule has 3 nitrogen and oxygen atoms in total. The predicted octanol–water partition coefficient (Wildman–Crippen LogP) is 0.305. The molecule has 1 heterocycles. The third kappa shape index (κ3) is 2.61. The van der Waals surface area contributed by atoms with E-state index in [2.05, 4.69) is 6.58 Å². The highest BCUT2D eigenvalue weighted by Crippen LogP contribution is 2.06. The minimum Gasteiger partial charge on any atom is -0.376 e. The molecular weight excluding hydrogens is 142 g/mol. The van der Waals surface area contributed by atoms with Crippen LogP contribution in [0.2, 0.25) is 0 Å². The maximum absolute atomic E-state index is 5.78. The molecule has 11 heavy (non-hydrogen) atoms. The molecule has 0 aromatic heterocycles. The second-order valence-corrected chi connectivity index (χ2v) is 2.67. The van der Waals surface area contributed by atoms with Gasteiger partial charge in [-0.3, -0.25) is 0 Å². The average molecular weight is 157 g/mol. The predicted molar refractivity (Wildman–Crippen MR) is 43.3 cm³/mol. The molecule has 2 atom stereocenters. The summed E-state index contributed by atoms with van der Waals surface area (Å²) < 4.78 is 10.6. The van der Waals surface area contributed by atoms with Crippen LogP contribution in [0.3, 0.4) is 0 Å². The van der Waals surface area contributed by atoms with Gasteiger partial charge in [-0.15, -0.1) is 6.58 Å². The van der Waals surface area contributed by atoms with Crippen LogP contribution >= 0.6 is 0 Å². The Morgan fingerprint density at radius 2 is 2.45 bits per heavy atom. The summed E-state index contributed by atoms with van der Waals surface area (Å²) in [6.07, 6.45) is 2.65. The summed E-state index contributed by atoms with van der Waals surface area (Å²) in [6, 6.07) is 0.0350. The molecule has 0 spiro atoms. The molecule has 0 saturated carbocycles. The molecule has 1 aliphatic rings. The molecule has 1 saturated heterocycles. The first-order valence-corrected chi connectivity index (χ1v) is 3.90. The van der Waals surface area contributed by atoms with E-state index in [1.165, 1.54) is 0 Å². The number of ether oxygens (including phenoxy) is 2. The first kappa shape index (κ1) is 8.71. The van der Waals surface area contributed by atoms with E-state index in [1.54, 1.807) is 0 Å². The topological polar surface area (TPSA) is 44.5 Å². The van der Waals surface area contributed by atoms with E-state index in [4.69, 9.17) is 15.2 Å². The first-order valence-electron chi connectivity index (χ1n) is 3.90. The van der Waals surface area contributed by atoms with Crippen LogP contribution in [0.5, 0.6) is 0 Å². The van der Waals surface area contributed by atoms with Gasteiger partial charge in [-0.1, -0.05) is 6.08 Å². The molecule has 3 heteroatoms. The Morgan fingerprint density at radius 1 is 1.64 bits per heavy atom. The van der Waals surface area contributed by atoms with Gasteiger partial charge >= 0.3 is 0 Å². The fraction of sp³-hybridized carbons (Fsp3) is 0.750. The van der Waals surface area contributed by atoms with Crippen LogP contribution < -0.4 is 5.73 Å². The summed E-state index contributed by atoms with van der Waals surface area (Å²) in [6.45, 7) is 5.59. The Labute approximate surface area is 67.2 Å². The van der Waals surface area contributed by atoms with Crippen molar-refractivity contribution >= 4 is 0 Å². The van der Waals surface area contributed by atoms with E-state index >= 15 is 0 Å². The summed E-state index contributed by atoms with van der Waals surface area (Å²) in [5.74, 6) is 0. The Morgan fingerprint density at radius 3 is 3.00 bits per heavy atom. The van der Waals surface area contributed by atoms with Gasteiger partial charge in [-0.2, -0.15) is 0 Å². The van der Waals surface area contributed by atoms with E-state index in [0.717, 1.165) is 6.42 Å². The smallest absolute Gasteiger partial charge is 0.0963 e. The molecule has 0 aromatic rings. The minimum absolute atomic E-state index is 0.0350. The maximum atomic E-state index is 5.78. The lowest BCUT2D eigenvalue weighted by Crippen LogP contribution is -2.43. The third-order valence-electron chi connectivity index (χ3n) is 1.76. The quantitative estimate of drug-likeness (QED) is 0.599. The van der Waals surface area contributed by atoms with Crippen molar-refractivity contribution in [2.24, 2.45) is 5.73 Å². The largest absolute Gasteiger partial charge is 0.376 e. The van der Waals surface area contributed by atoms with Crippen molar-refractivity contribution in [1.29, 1.82) is 0 Å². The Balaban J connectivity index is 2.26. The van der Waals surface area contributed by atoms with E-state index in [1.807, 2.05) is 6.08 Å². The van der Waals surface area contributed by atoms with Crippen LogP contribution in [0.1, 0.15) is 6.42 Å². The molecule has 0 aromatic carbocycles. The van der Waals surface area contributed by atoms with Gasteiger partial charge in [0.05, 0.1) is 25.9 Å². The Bertz CT molecular complexity index is 121. The highest BCUT2D eigenvalue weighted by Gasteiger charge is 2.20. The third-order valence-corrected chi connectivity index (χ3v) is 1.76. The van der Waals surface area contributed by atoms with Gasteiger partial charge in [0.25, 0.3) is 0 Å². The summed E-state index contributed by atoms with van der Waals surface area (Å²) in [5, 5.41) is 0. The highest BCUT2D eigenvalue weighted by molar-refractivity contribution is 4.82. The van der Waals surface area contributed by atoms with Crippen molar-refractivity contribution in [3.05, 3.63) is 12.7 Å². The molecule has 1 aliphatic heterocycles. The normalized spacial score (nSPS) is 27.9. The monoisotopic (exact) mass is 157 g/mol. The lowest BCUT2D eigenvalue weighted by Gasteiger charge is -2.27. The highest BCUT2D eigenvalue weighted by atomic mass is 16.6. The van der Waals surface area contributed by atoms with Gasteiger partial charge in [0.1, 0.15) is 0 Å². The van der Waals surface area contributed by atoms with E-state index < -0.39 is 0 Å². The van der Waals surface area contributed by atoms with E-state index in [0.29, 0.717) is 19.8 Å². The van der Waals surface area contributed by atoms with Crippen molar-refractivity contribution in [3.63, 3.8) is 0 Å². The molecule has 1 fully saturated rings. The standard InChI is InChI=1S/C8H15NO2/c1-2-3-7(9)8-6-10-4-5-11-8/h2,7-8H,1,3-6,9H2. The zero-order valence-corrected chi connectivity index (χ0v) is 6.66. The van der Waals surface area contributed by atoms with Gasteiger partial charge in [-0.05, 0) is 6.42 Å². The molecule has 0 radical (unpaired) electrons. The summed E-state index contributed by atoms with van der Waals surface area (Å²) in [5.41, 5.74) is 5.78. The van der Waals surface area contributed by atoms with Gasteiger partial charge < -0.3 is 15.2 Å². The summed E-state index contributed by atoms with van der Waals surface area (Å²) in [4.78, 5) is 0. The molecule has 2 unspecified atom stereocenters. The van der Waals surface area contributed by atoms with E-state index in [9.17, 15) is 0 Å². The lowest BCUT2D eigenvalue weighted by atomic mass is 10.1. The molecule has 0 amide bonds. The molecule has 1 rings (SSSR count). The van der Waals surface area contributed by atoms with Crippen LogP contribution in [0.4, 0.5) is 0 Å². The van der Waals surface area contributed by atoms with Crippen LogP contribution in [-0.2, 0) is 9.47 Å². The fourth-order valence-electron chi connectivity index (χ4n) is 1.10. The minimum atomic E-state index is 0.0350.